The van der Waals surface area contributed by atoms with Gasteiger partial charge in [-0.15, -0.1) is 0 Å². The van der Waals surface area contributed by atoms with Crippen LogP contribution in [0.4, 0.5) is 0 Å². The minimum absolute atomic E-state index is 0.322. The molecule has 90 valence electrons. The second kappa shape index (κ2) is 6.66. The standard InChI is InChI=1S/C14H24N2/c1-11-6-7-14(12(2)9-11)10-16-8-4-5-13(3)15/h6-7,9,13,16H,4-5,8,10,15H2,1-3H3. The second-order valence-corrected chi connectivity index (χ2v) is 4.73. The van der Waals surface area contributed by atoms with Gasteiger partial charge in [-0.3, -0.25) is 0 Å². The van der Waals surface area contributed by atoms with Crippen LogP contribution in [0.1, 0.15) is 36.5 Å². The zero-order valence-corrected chi connectivity index (χ0v) is 10.7. The van der Waals surface area contributed by atoms with Gasteiger partial charge in [0.2, 0.25) is 0 Å². The molecule has 1 rings (SSSR count). The van der Waals surface area contributed by atoms with Crippen LogP contribution in [0, 0.1) is 13.8 Å². The summed E-state index contributed by atoms with van der Waals surface area (Å²) in [7, 11) is 0. The number of nitrogens with two attached hydrogens (primary N) is 1. The summed E-state index contributed by atoms with van der Waals surface area (Å²) in [5.74, 6) is 0. The van der Waals surface area contributed by atoms with Gasteiger partial charge in [0.15, 0.2) is 0 Å². The minimum atomic E-state index is 0.322. The summed E-state index contributed by atoms with van der Waals surface area (Å²) in [6, 6.07) is 6.94. The normalized spacial score (nSPS) is 12.8. The molecule has 1 unspecified atom stereocenters. The predicted molar refractivity (Wildman–Crippen MR) is 70.5 cm³/mol. The zero-order chi connectivity index (χ0) is 12.0. The molecular weight excluding hydrogens is 196 g/mol. The monoisotopic (exact) mass is 220 g/mol. The van der Waals surface area contributed by atoms with Gasteiger partial charge in [-0.2, -0.15) is 0 Å². The molecular formula is C14H24N2. The van der Waals surface area contributed by atoms with Crippen molar-refractivity contribution in [3.8, 4) is 0 Å². The molecule has 0 heterocycles. The van der Waals surface area contributed by atoms with Gasteiger partial charge in [0.25, 0.3) is 0 Å². The molecule has 2 heteroatoms. The van der Waals surface area contributed by atoms with Crippen LogP contribution in [0.2, 0.25) is 0 Å². The predicted octanol–water partition coefficient (Wildman–Crippen LogP) is 2.52. The average Bonchev–Trinajstić information content (AvgIpc) is 2.20. The van der Waals surface area contributed by atoms with Crippen LogP contribution in [-0.4, -0.2) is 12.6 Å². The molecule has 0 aliphatic rings. The summed E-state index contributed by atoms with van der Waals surface area (Å²) in [4.78, 5) is 0. The van der Waals surface area contributed by atoms with E-state index in [4.69, 9.17) is 5.73 Å². The molecule has 0 bridgehead atoms. The molecule has 0 radical (unpaired) electrons. The number of hydrogen-bond acceptors (Lipinski definition) is 2. The highest BCUT2D eigenvalue weighted by atomic mass is 14.8. The highest BCUT2D eigenvalue weighted by molar-refractivity contribution is 5.30. The average molecular weight is 220 g/mol. The first kappa shape index (κ1) is 13.2. The van der Waals surface area contributed by atoms with Gasteiger partial charge in [-0.25, -0.2) is 0 Å². The first-order valence-electron chi connectivity index (χ1n) is 6.12. The lowest BCUT2D eigenvalue weighted by Gasteiger charge is -2.09. The molecule has 1 aromatic rings. The fraction of sp³-hybridized carbons (Fsp3) is 0.571. The topological polar surface area (TPSA) is 38.0 Å². The molecule has 0 aromatic heterocycles. The lowest BCUT2D eigenvalue weighted by Crippen LogP contribution is -2.20. The van der Waals surface area contributed by atoms with Crippen LogP contribution < -0.4 is 11.1 Å². The fourth-order valence-corrected chi connectivity index (χ4v) is 1.82. The smallest absolute Gasteiger partial charge is 0.0208 e. The van der Waals surface area contributed by atoms with Gasteiger partial charge >= 0.3 is 0 Å². The number of rotatable bonds is 6. The highest BCUT2D eigenvalue weighted by Crippen LogP contribution is 2.09. The van der Waals surface area contributed by atoms with Gasteiger partial charge in [0, 0.05) is 12.6 Å². The maximum absolute atomic E-state index is 5.70. The lowest BCUT2D eigenvalue weighted by atomic mass is 10.1. The van der Waals surface area contributed by atoms with Crippen molar-refractivity contribution in [1.29, 1.82) is 0 Å². The van der Waals surface area contributed by atoms with E-state index in [2.05, 4.69) is 44.3 Å². The molecule has 2 nitrogen and oxygen atoms in total. The van der Waals surface area contributed by atoms with Gasteiger partial charge < -0.3 is 11.1 Å². The molecule has 0 fully saturated rings. The molecule has 16 heavy (non-hydrogen) atoms. The number of nitrogens with one attached hydrogen (secondary N) is 1. The molecule has 3 N–H and O–H groups in total. The van der Waals surface area contributed by atoms with Gasteiger partial charge in [-0.05, 0) is 51.3 Å². The Morgan fingerprint density at radius 1 is 1.31 bits per heavy atom. The number of aryl methyl sites for hydroxylation is 2. The van der Waals surface area contributed by atoms with Gasteiger partial charge in [0.05, 0.1) is 0 Å². The van der Waals surface area contributed by atoms with Crippen molar-refractivity contribution in [2.75, 3.05) is 6.54 Å². The third-order valence-electron chi connectivity index (χ3n) is 2.83. The zero-order valence-electron chi connectivity index (χ0n) is 10.7. The van der Waals surface area contributed by atoms with Crippen molar-refractivity contribution in [2.24, 2.45) is 5.73 Å². The van der Waals surface area contributed by atoms with E-state index < -0.39 is 0 Å². The van der Waals surface area contributed by atoms with E-state index >= 15 is 0 Å². The summed E-state index contributed by atoms with van der Waals surface area (Å²) >= 11 is 0. The molecule has 0 spiro atoms. The summed E-state index contributed by atoms with van der Waals surface area (Å²) in [6.45, 7) is 8.38. The fourth-order valence-electron chi connectivity index (χ4n) is 1.82. The number of hydrogen-bond donors (Lipinski definition) is 2. The van der Waals surface area contributed by atoms with Crippen molar-refractivity contribution >= 4 is 0 Å². The Morgan fingerprint density at radius 3 is 2.69 bits per heavy atom. The van der Waals surface area contributed by atoms with E-state index in [1.807, 2.05) is 0 Å². The van der Waals surface area contributed by atoms with Gasteiger partial charge in [0.1, 0.15) is 0 Å². The van der Waals surface area contributed by atoms with Crippen molar-refractivity contribution in [2.45, 2.75) is 46.2 Å². The van der Waals surface area contributed by atoms with E-state index in [-0.39, 0.29) is 0 Å². The van der Waals surface area contributed by atoms with Crippen LogP contribution in [-0.2, 0) is 6.54 Å². The van der Waals surface area contributed by atoms with Crippen LogP contribution in [0.15, 0.2) is 18.2 Å². The first-order valence-corrected chi connectivity index (χ1v) is 6.12. The summed E-state index contributed by atoms with van der Waals surface area (Å²) in [6.07, 6.45) is 2.25. The van der Waals surface area contributed by atoms with Crippen LogP contribution in [0.5, 0.6) is 0 Å². The molecule has 1 atom stereocenters. The second-order valence-electron chi connectivity index (χ2n) is 4.73. The van der Waals surface area contributed by atoms with E-state index in [9.17, 15) is 0 Å². The molecule has 0 aliphatic heterocycles. The Kier molecular flexibility index (Phi) is 5.50. The quantitative estimate of drug-likeness (QED) is 0.723. The molecule has 1 aromatic carbocycles. The van der Waals surface area contributed by atoms with E-state index in [0.29, 0.717) is 6.04 Å². The minimum Gasteiger partial charge on any atom is -0.328 e. The van der Waals surface area contributed by atoms with Crippen LogP contribution in [0.25, 0.3) is 0 Å². The highest BCUT2D eigenvalue weighted by Gasteiger charge is 1.98. The van der Waals surface area contributed by atoms with Crippen LogP contribution in [0.3, 0.4) is 0 Å². The number of benzene rings is 1. The largest absolute Gasteiger partial charge is 0.328 e. The van der Waals surface area contributed by atoms with Crippen molar-refractivity contribution in [3.63, 3.8) is 0 Å². The van der Waals surface area contributed by atoms with E-state index in [1.165, 1.54) is 16.7 Å². The Balaban J connectivity index is 2.27. The Hall–Kier alpha value is -0.860. The third-order valence-corrected chi connectivity index (χ3v) is 2.83. The van der Waals surface area contributed by atoms with E-state index in [1.54, 1.807) is 0 Å². The Morgan fingerprint density at radius 2 is 2.06 bits per heavy atom. The first-order chi connectivity index (χ1) is 7.59. The Labute approximate surface area is 99.2 Å². The third kappa shape index (κ3) is 4.77. The van der Waals surface area contributed by atoms with Crippen molar-refractivity contribution in [3.05, 3.63) is 34.9 Å². The van der Waals surface area contributed by atoms with Crippen LogP contribution >= 0.6 is 0 Å². The SMILES string of the molecule is Cc1ccc(CNCCCC(C)N)c(C)c1. The maximum atomic E-state index is 5.70. The van der Waals surface area contributed by atoms with Crippen molar-refractivity contribution in [1.82, 2.24) is 5.32 Å². The molecule has 0 amide bonds. The van der Waals surface area contributed by atoms with Gasteiger partial charge in [-0.1, -0.05) is 23.8 Å². The summed E-state index contributed by atoms with van der Waals surface area (Å²) in [5.41, 5.74) is 9.80. The van der Waals surface area contributed by atoms with Crippen molar-refractivity contribution < 1.29 is 0 Å². The summed E-state index contributed by atoms with van der Waals surface area (Å²) < 4.78 is 0. The summed E-state index contributed by atoms with van der Waals surface area (Å²) in [5, 5.41) is 3.46. The molecule has 0 saturated heterocycles. The maximum Gasteiger partial charge on any atom is 0.0208 e. The molecule has 0 saturated carbocycles. The Bertz CT molecular complexity index is 319. The molecule has 0 aliphatic carbocycles. The lowest BCUT2D eigenvalue weighted by molar-refractivity contribution is 0.574. The van der Waals surface area contributed by atoms with E-state index in [0.717, 1.165) is 25.9 Å².